The van der Waals surface area contributed by atoms with E-state index in [1.807, 2.05) is 19.1 Å². The molecule has 1 atom stereocenters. The van der Waals surface area contributed by atoms with Gasteiger partial charge in [0.15, 0.2) is 0 Å². The summed E-state index contributed by atoms with van der Waals surface area (Å²) in [7, 11) is 3.15. The van der Waals surface area contributed by atoms with Gasteiger partial charge in [-0.25, -0.2) is 0 Å². The molecule has 0 aliphatic heterocycles. The van der Waals surface area contributed by atoms with Gasteiger partial charge in [0.2, 0.25) is 0 Å². The number of hydrogen-bond acceptors (Lipinski definition) is 3. The van der Waals surface area contributed by atoms with Gasteiger partial charge in [0.25, 0.3) is 0 Å². The number of aliphatic carboxylic acids is 1. The van der Waals surface area contributed by atoms with E-state index >= 15 is 0 Å². The molecule has 0 radical (unpaired) electrons. The monoisotopic (exact) mass is 238 g/mol. The second-order valence-corrected chi connectivity index (χ2v) is 4.04. The van der Waals surface area contributed by atoms with Gasteiger partial charge in [0, 0.05) is 5.56 Å². The molecule has 1 unspecified atom stereocenters. The third-order valence-electron chi connectivity index (χ3n) is 2.77. The van der Waals surface area contributed by atoms with Crippen LogP contribution in [0.15, 0.2) is 12.1 Å². The van der Waals surface area contributed by atoms with Gasteiger partial charge in [-0.2, -0.15) is 0 Å². The van der Waals surface area contributed by atoms with Crippen LogP contribution in [0.4, 0.5) is 0 Å². The van der Waals surface area contributed by atoms with E-state index in [4.69, 9.17) is 14.6 Å². The van der Waals surface area contributed by atoms with Gasteiger partial charge in [0.1, 0.15) is 11.5 Å². The zero-order valence-electron chi connectivity index (χ0n) is 10.6. The number of carbonyl (C=O) groups is 1. The third-order valence-corrected chi connectivity index (χ3v) is 2.77. The highest BCUT2D eigenvalue weighted by molar-refractivity contribution is 5.70. The Morgan fingerprint density at radius 1 is 1.35 bits per heavy atom. The highest BCUT2D eigenvalue weighted by Crippen LogP contribution is 2.33. The maximum atomic E-state index is 10.9. The summed E-state index contributed by atoms with van der Waals surface area (Å²) in [6, 6.07) is 3.73. The summed E-state index contributed by atoms with van der Waals surface area (Å²) in [5.74, 6) is 0.0770. The number of benzene rings is 1. The molecule has 0 heterocycles. The molecule has 0 amide bonds. The molecular weight excluding hydrogens is 220 g/mol. The van der Waals surface area contributed by atoms with Crippen molar-refractivity contribution in [1.29, 1.82) is 0 Å². The van der Waals surface area contributed by atoms with E-state index in [1.165, 1.54) is 0 Å². The summed E-state index contributed by atoms with van der Waals surface area (Å²) >= 11 is 0. The Morgan fingerprint density at radius 3 is 2.47 bits per heavy atom. The van der Waals surface area contributed by atoms with Crippen molar-refractivity contribution in [2.75, 3.05) is 14.2 Å². The number of hydrogen-bond donors (Lipinski definition) is 1. The number of carboxylic acid groups (broad SMARTS) is 1. The number of methoxy groups -OCH3 is 2. The largest absolute Gasteiger partial charge is 0.496 e. The fourth-order valence-electron chi connectivity index (χ4n) is 1.79. The Morgan fingerprint density at radius 2 is 2.00 bits per heavy atom. The van der Waals surface area contributed by atoms with Crippen LogP contribution in [0.1, 0.15) is 18.1 Å². The Labute approximate surface area is 101 Å². The Hall–Kier alpha value is -1.71. The summed E-state index contributed by atoms with van der Waals surface area (Å²) < 4.78 is 10.6. The Kier molecular flexibility index (Phi) is 4.37. The summed E-state index contributed by atoms with van der Waals surface area (Å²) in [5, 5.41) is 8.96. The molecule has 0 aliphatic rings. The molecule has 1 N–H and O–H groups in total. The molecule has 1 aromatic carbocycles. The van der Waals surface area contributed by atoms with Gasteiger partial charge in [0.05, 0.1) is 20.1 Å². The molecule has 4 nitrogen and oxygen atoms in total. The summed E-state index contributed by atoms with van der Waals surface area (Å²) in [6.07, 6.45) is 0.392. The van der Waals surface area contributed by atoms with E-state index in [0.29, 0.717) is 17.9 Å². The van der Waals surface area contributed by atoms with E-state index in [1.54, 1.807) is 21.1 Å². The van der Waals surface area contributed by atoms with Crippen molar-refractivity contribution in [1.82, 2.24) is 0 Å². The van der Waals surface area contributed by atoms with Gasteiger partial charge in [-0.3, -0.25) is 4.79 Å². The molecule has 0 aliphatic carbocycles. The van der Waals surface area contributed by atoms with Crippen LogP contribution < -0.4 is 9.47 Å². The summed E-state index contributed by atoms with van der Waals surface area (Å²) in [5.41, 5.74) is 1.78. The minimum absolute atomic E-state index is 0.392. The van der Waals surface area contributed by atoms with Crippen LogP contribution in [0.3, 0.4) is 0 Å². The van der Waals surface area contributed by atoms with Gasteiger partial charge in [-0.1, -0.05) is 13.0 Å². The van der Waals surface area contributed by atoms with Crippen LogP contribution in [0.5, 0.6) is 11.5 Å². The van der Waals surface area contributed by atoms with E-state index in [-0.39, 0.29) is 0 Å². The molecule has 0 fully saturated rings. The van der Waals surface area contributed by atoms with Crippen molar-refractivity contribution in [2.24, 2.45) is 5.92 Å². The lowest BCUT2D eigenvalue weighted by Gasteiger charge is -2.16. The Bertz CT molecular complexity index is 412. The number of carboxylic acids is 1. The number of rotatable bonds is 5. The molecule has 94 valence electrons. The van der Waals surface area contributed by atoms with Crippen molar-refractivity contribution >= 4 is 5.97 Å². The first kappa shape index (κ1) is 13.4. The first-order chi connectivity index (χ1) is 8.01. The number of aryl methyl sites for hydroxylation is 1. The summed E-state index contributed by atoms with van der Waals surface area (Å²) in [6.45, 7) is 3.59. The van der Waals surface area contributed by atoms with Crippen molar-refractivity contribution in [3.8, 4) is 11.5 Å². The van der Waals surface area contributed by atoms with E-state index in [2.05, 4.69) is 0 Å². The first-order valence-electron chi connectivity index (χ1n) is 5.44. The molecule has 0 spiro atoms. The Balaban J connectivity index is 3.18. The second kappa shape index (κ2) is 5.57. The van der Waals surface area contributed by atoms with Crippen LogP contribution in [-0.2, 0) is 11.2 Å². The molecule has 1 aromatic rings. The zero-order valence-corrected chi connectivity index (χ0v) is 10.6. The predicted octanol–water partition coefficient (Wildman–Crippen LogP) is 2.28. The second-order valence-electron chi connectivity index (χ2n) is 4.04. The van der Waals surface area contributed by atoms with Gasteiger partial charge in [-0.05, 0) is 25.0 Å². The molecule has 1 rings (SSSR count). The van der Waals surface area contributed by atoms with Crippen LogP contribution in [-0.4, -0.2) is 25.3 Å². The van der Waals surface area contributed by atoms with Crippen molar-refractivity contribution in [3.05, 3.63) is 23.3 Å². The average Bonchev–Trinajstić information content (AvgIpc) is 2.29. The van der Waals surface area contributed by atoms with Gasteiger partial charge >= 0.3 is 5.97 Å². The SMILES string of the molecule is COc1ccc(C)c(OC)c1CC(C)C(=O)O. The van der Waals surface area contributed by atoms with E-state index < -0.39 is 11.9 Å². The van der Waals surface area contributed by atoms with E-state index in [0.717, 1.165) is 11.1 Å². The highest BCUT2D eigenvalue weighted by atomic mass is 16.5. The topological polar surface area (TPSA) is 55.8 Å². The lowest BCUT2D eigenvalue weighted by molar-refractivity contribution is -0.141. The molecule has 17 heavy (non-hydrogen) atoms. The van der Waals surface area contributed by atoms with Crippen LogP contribution in [0.2, 0.25) is 0 Å². The average molecular weight is 238 g/mol. The molecule has 4 heteroatoms. The molecule has 0 bridgehead atoms. The van der Waals surface area contributed by atoms with Gasteiger partial charge < -0.3 is 14.6 Å². The fraction of sp³-hybridized carbons (Fsp3) is 0.462. The standard InChI is InChI=1S/C13H18O4/c1-8-5-6-11(16-3)10(12(8)17-4)7-9(2)13(14)15/h5-6,9H,7H2,1-4H3,(H,14,15). The van der Waals surface area contributed by atoms with Crippen molar-refractivity contribution in [3.63, 3.8) is 0 Å². The normalized spacial score (nSPS) is 12.0. The lowest BCUT2D eigenvalue weighted by Crippen LogP contribution is -2.13. The molecule has 0 saturated carbocycles. The smallest absolute Gasteiger partial charge is 0.306 e. The van der Waals surface area contributed by atoms with Crippen LogP contribution in [0.25, 0.3) is 0 Å². The highest BCUT2D eigenvalue weighted by Gasteiger charge is 2.19. The predicted molar refractivity (Wildman–Crippen MR) is 64.8 cm³/mol. The van der Waals surface area contributed by atoms with E-state index in [9.17, 15) is 4.79 Å². The fourth-order valence-corrected chi connectivity index (χ4v) is 1.79. The van der Waals surface area contributed by atoms with Crippen LogP contribution >= 0.6 is 0 Å². The minimum atomic E-state index is -0.824. The maximum Gasteiger partial charge on any atom is 0.306 e. The minimum Gasteiger partial charge on any atom is -0.496 e. The van der Waals surface area contributed by atoms with Crippen LogP contribution in [0, 0.1) is 12.8 Å². The van der Waals surface area contributed by atoms with Gasteiger partial charge in [-0.15, -0.1) is 0 Å². The van der Waals surface area contributed by atoms with Crippen molar-refractivity contribution < 1.29 is 19.4 Å². The third kappa shape index (κ3) is 2.90. The number of ether oxygens (including phenoxy) is 2. The molecule has 0 aromatic heterocycles. The molecular formula is C13H18O4. The van der Waals surface area contributed by atoms with Crippen molar-refractivity contribution in [2.45, 2.75) is 20.3 Å². The molecule has 0 saturated heterocycles. The zero-order chi connectivity index (χ0) is 13.0. The quantitative estimate of drug-likeness (QED) is 0.855. The first-order valence-corrected chi connectivity index (χ1v) is 5.44. The lowest BCUT2D eigenvalue weighted by atomic mass is 9.97. The maximum absolute atomic E-state index is 10.9. The summed E-state index contributed by atoms with van der Waals surface area (Å²) in [4.78, 5) is 10.9.